The van der Waals surface area contributed by atoms with E-state index in [-0.39, 0.29) is 11.8 Å². The molecule has 3 aromatic heterocycles. The van der Waals surface area contributed by atoms with Gasteiger partial charge in [0.2, 0.25) is 5.91 Å². The summed E-state index contributed by atoms with van der Waals surface area (Å²) >= 11 is 0. The fourth-order valence-electron chi connectivity index (χ4n) is 3.45. The van der Waals surface area contributed by atoms with E-state index in [2.05, 4.69) is 20.4 Å². The molecule has 1 saturated carbocycles. The van der Waals surface area contributed by atoms with E-state index in [0.29, 0.717) is 28.3 Å². The highest BCUT2D eigenvalue weighted by Crippen LogP contribution is 2.36. The van der Waals surface area contributed by atoms with Crippen molar-refractivity contribution in [1.82, 2.24) is 24.7 Å². The van der Waals surface area contributed by atoms with Gasteiger partial charge in [-0.05, 0) is 12.8 Å². The summed E-state index contributed by atoms with van der Waals surface area (Å²) < 4.78 is 7.20. The normalized spacial score (nSPS) is 13.4. The van der Waals surface area contributed by atoms with Gasteiger partial charge in [0.1, 0.15) is 23.2 Å². The maximum absolute atomic E-state index is 12.3. The van der Waals surface area contributed by atoms with Gasteiger partial charge in [0.15, 0.2) is 11.6 Å². The molecule has 1 fully saturated rings. The molecule has 8 nitrogen and oxygen atoms in total. The van der Waals surface area contributed by atoms with E-state index in [0.717, 1.165) is 29.7 Å². The lowest BCUT2D eigenvalue weighted by Crippen LogP contribution is -2.15. The third-order valence-electron chi connectivity index (χ3n) is 5.12. The monoisotopic (exact) mass is 400 g/mol. The van der Waals surface area contributed by atoms with Crippen LogP contribution in [-0.4, -0.2) is 37.7 Å². The molecular formula is C22H20N6O2. The lowest BCUT2D eigenvalue weighted by Gasteiger charge is -2.12. The van der Waals surface area contributed by atoms with E-state index >= 15 is 0 Å². The molecule has 0 spiro atoms. The summed E-state index contributed by atoms with van der Waals surface area (Å²) in [4.78, 5) is 25.9. The zero-order valence-corrected chi connectivity index (χ0v) is 16.7. The van der Waals surface area contributed by atoms with Crippen molar-refractivity contribution in [3.63, 3.8) is 0 Å². The molecule has 1 amide bonds. The molecule has 1 N–H and O–H groups in total. The molecule has 0 aliphatic heterocycles. The molecule has 1 aliphatic rings. The first kappa shape index (κ1) is 18.2. The van der Waals surface area contributed by atoms with Crippen LogP contribution in [0.4, 0.5) is 5.82 Å². The molecule has 4 aromatic rings. The second kappa shape index (κ2) is 7.22. The number of amides is 1. The summed E-state index contributed by atoms with van der Waals surface area (Å²) in [6, 6.07) is 11.7. The van der Waals surface area contributed by atoms with Crippen LogP contribution in [0.1, 0.15) is 12.8 Å². The number of methoxy groups -OCH3 is 1. The predicted molar refractivity (Wildman–Crippen MR) is 113 cm³/mol. The molecule has 30 heavy (non-hydrogen) atoms. The Morgan fingerprint density at radius 2 is 1.97 bits per heavy atom. The summed E-state index contributed by atoms with van der Waals surface area (Å²) in [7, 11) is 3.42. The largest absolute Gasteiger partial charge is 0.493 e. The third-order valence-corrected chi connectivity index (χ3v) is 5.12. The number of hydrogen-bond donors (Lipinski definition) is 1. The average molecular weight is 400 g/mol. The summed E-state index contributed by atoms with van der Waals surface area (Å²) in [5.74, 6) is 0.866. The van der Waals surface area contributed by atoms with E-state index in [1.807, 2.05) is 43.6 Å². The molecule has 150 valence electrons. The molecule has 0 unspecified atom stereocenters. The van der Waals surface area contributed by atoms with Gasteiger partial charge in [-0.25, -0.2) is 15.0 Å². The van der Waals surface area contributed by atoms with Crippen molar-refractivity contribution in [3.05, 3.63) is 48.9 Å². The lowest BCUT2D eigenvalue weighted by molar-refractivity contribution is -0.117. The smallest absolute Gasteiger partial charge is 0.228 e. The Bertz CT molecular complexity index is 1250. The van der Waals surface area contributed by atoms with E-state index in [9.17, 15) is 4.79 Å². The Morgan fingerprint density at radius 3 is 2.70 bits per heavy atom. The third kappa shape index (κ3) is 3.26. The fourth-order valence-corrected chi connectivity index (χ4v) is 3.45. The molecule has 1 aromatic carbocycles. The number of hydrogen-bond acceptors (Lipinski definition) is 6. The minimum Gasteiger partial charge on any atom is -0.493 e. The van der Waals surface area contributed by atoms with Gasteiger partial charge in [-0.15, -0.1) is 0 Å². The van der Waals surface area contributed by atoms with Crippen LogP contribution in [0.2, 0.25) is 0 Å². The van der Waals surface area contributed by atoms with Crippen LogP contribution < -0.4 is 10.1 Å². The minimum absolute atomic E-state index is 0.0371. The highest BCUT2D eigenvalue weighted by Gasteiger charge is 2.30. The molecule has 1 aliphatic carbocycles. The fraction of sp³-hybridized carbons (Fsp3) is 0.227. The van der Waals surface area contributed by atoms with Crippen molar-refractivity contribution < 1.29 is 9.53 Å². The standard InChI is InChI=1S/C22H20N6O2/c1-28-11-15(18(27-28)13-6-4-3-5-7-13)19-20-16(23-12-24-19)10-17(30-2)21(25-20)26-22(29)14-8-9-14/h3-7,10-12,14H,8-9H2,1-2H3,(H,25,26,29). The van der Waals surface area contributed by atoms with E-state index in [1.54, 1.807) is 17.9 Å². The first-order valence-electron chi connectivity index (χ1n) is 9.74. The number of carbonyl (C=O) groups excluding carboxylic acids is 1. The van der Waals surface area contributed by atoms with Gasteiger partial charge in [0, 0.05) is 36.4 Å². The zero-order chi connectivity index (χ0) is 20.7. The second-order valence-electron chi connectivity index (χ2n) is 7.32. The minimum atomic E-state index is -0.0371. The van der Waals surface area contributed by atoms with Gasteiger partial charge in [0.25, 0.3) is 0 Å². The molecule has 0 radical (unpaired) electrons. The highest BCUT2D eigenvalue weighted by atomic mass is 16.5. The summed E-state index contributed by atoms with van der Waals surface area (Å²) in [5, 5.41) is 7.53. The lowest BCUT2D eigenvalue weighted by atomic mass is 10.0. The molecule has 8 heteroatoms. The van der Waals surface area contributed by atoms with Gasteiger partial charge in [-0.1, -0.05) is 30.3 Å². The molecule has 3 heterocycles. The number of anilines is 1. The first-order chi connectivity index (χ1) is 14.6. The van der Waals surface area contributed by atoms with Crippen molar-refractivity contribution in [3.8, 4) is 28.3 Å². The number of carbonyl (C=O) groups is 1. The molecule has 0 atom stereocenters. The van der Waals surface area contributed by atoms with Crippen LogP contribution >= 0.6 is 0 Å². The highest BCUT2D eigenvalue weighted by molar-refractivity contribution is 5.98. The predicted octanol–water partition coefficient (Wildman–Crippen LogP) is 3.45. The Morgan fingerprint density at radius 1 is 1.17 bits per heavy atom. The van der Waals surface area contributed by atoms with Crippen LogP contribution in [0.3, 0.4) is 0 Å². The van der Waals surface area contributed by atoms with Crippen LogP contribution in [-0.2, 0) is 11.8 Å². The van der Waals surface area contributed by atoms with E-state index in [4.69, 9.17) is 9.72 Å². The van der Waals surface area contributed by atoms with Crippen LogP contribution in [0.25, 0.3) is 33.5 Å². The number of nitrogens with one attached hydrogen (secondary N) is 1. The Labute approximate surface area is 173 Å². The first-order valence-corrected chi connectivity index (χ1v) is 9.74. The zero-order valence-electron chi connectivity index (χ0n) is 16.7. The summed E-state index contributed by atoms with van der Waals surface area (Å²) in [6.45, 7) is 0. The van der Waals surface area contributed by atoms with Gasteiger partial charge >= 0.3 is 0 Å². The topological polar surface area (TPSA) is 94.8 Å². The number of aryl methyl sites for hydroxylation is 1. The summed E-state index contributed by atoms with van der Waals surface area (Å²) in [5.41, 5.74) is 4.48. The van der Waals surface area contributed by atoms with Crippen LogP contribution in [0, 0.1) is 5.92 Å². The van der Waals surface area contributed by atoms with Gasteiger partial charge in [0.05, 0.1) is 12.6 Å². The van der Waals surface area contributed by atoms with Gasteiger partial charge in [-0.2, -0.15) is 5.10 Å². The maximum Gasteiger partial charge on any atom is 0.228 e. The van der Waals surface area contributed by atoms with Crippen molar-refractivity contribution in [2.75, 3.05) is 12.4 Å². The average Bonchev–Trinajstić information content (AvgIpc) is 3.55. The van der Waals surface area contributed by atoms with Gasteiger partial charge in [-0.3, -0.25) is 9.48 Å². The van der Waals surface area contributed by atoms with E-state index < -0.39 is 0 Å². The Kier molecular flexibility index (Phi) is 4.39. The quantitative estimate of drug-likeness (QED) is 0.551. The number of nitrogens with zero attached hydrogens (tertiary/aromatic N) is 5. The van der Waals surface area contributed by atoms with Crippen molar-refractivity contribution >= 4 is 22.8 Å². The molecule has 0 bridgehead atoms. The number of fused-ring (bicyclic) bond motifs is 1. The van der Waals surface area contributed by atoms with Gasteiger partial charge < -0.3 is 10.1 Å². The molecule has 5 rings (SSSR count). The van der Waals surface area contributed by atoms with Crippen LogP contribution in [0.15, 0.2) is 48.9 Å². The number of rotatable bonds is 5. The van der Waals surface area contributed by atoms with Crippen molar-refractivity contribution in [2.45, 2.75) is 12.8 Å². The number of aromatic nitrogens is 5. The summed E-state index contributed by atoms with van der Waals surface area (Å²) in [6.07, 6.45) is 5.24. The van der Waals surface area contributed by atoms with Crippen molar-refractivity contribution in [2.24, 2.45) is 13.0 Å². The molecular weight excluding hydrogens is 380 g/mol. The number of ether oxygens (including phenoxy) is 1. The maximum atomic E-state index is 12.3. The number of benzene rings is 1. The molecule has 0 saturated heterocycles. The Hall–Kier alpha value is -3.81. The Balaban J connectivity index is 1.68. The van der Waals surface area contributed by atoms with Crippen molar-refractivity contribution in [1.29, 1.82) is 0 Å². The van der Waals surface area contributed by atoms with Crippen LogP contribution in [0.5, 0.6) is 5.75 Å². The second-order valence-corrected chi connectivity index (χ2v) is 7.32. The van der Waals surface area contributed by atoms with E-state index in [1.165, 1.54) is 6.33 Å². The SMILES string of the molecule is COc1cc2ncnc(-c3cn(C)nc3-c3ccccc3)c2nc1NC(=O)C1CC1. The number of pyridine rings is 1.